The third kappa shape index (κ3) is 4.53. The van der Waals surface area contributed by atoms with Crippen LogP contribution >= 0.6 is 0 Å². The van der Waals surface area contributed by atoms with Crippen LogP contribution < -0.4 is 10.2 Å². The highest BCUT2D eigenvalue weighted by atomic mass is 19.1. The number of halogens is 2. The number of hydrogen-bond donors (Lipinski definition) is 1. The fraction of sp³-hybridized carbons (Fsp3) is 0.550. The number of nitrogens with zero attached hydrogens (tertiary/aromatic N) is 3. The Balaban J connectivity index is 1.58. The second-order valence-electron chi connectivity index (χ2n) is 7.49. The predicted molar refractivity (Wildman–Crippen MR) is 104 cm³/mol. The normalized spacial score (nSPS) is 18.7. The summed E-state index contributed by atoms with van der Waals surface area (Å²) in [6.07, 6.45) is 0.758. The summed E-state index contributed by atoms with van der Waals surface area (Å²) in [6, 6.07) is 2.08. The largest absolute Gasteiger partial charge is 0.381 e. The van der Waals surface area contributed by atoms with Gasteiger partial charge in [-0.05, 0) is 12.1 Å². The van der Waals surface area contributed by atoms with E-state index in [-0.39, 0.29) is 23.7 Å². The lowest BCUT2D eigenvalue weighted by Crippen LogP contribution is -2.49. The summed E-state index contributed by atoms with van der Waals surface area (Å²) in [6.45, 7) is 2.42. The van der Waals surface area contributed by atoms with Crippen LogP contribution in [0.1, 0.15) is 34.9 Å². The van der Waals surface area contributed by atoms with Gasteiger partial charge in [0, 0.05) is 51.8 Å². The first-order valence-corrected chi connectivity index (χ1v) is 10.1. The van der Waals surface area contributed by atoms with Crippen molar-refractivity contribution in [2.45, 2.75) is 25.0 Å². The molecule has 11 heteroatoms. The van der Waals surface area contributed by atoms with E-state index in [1.807, 2.05) is 0 Å². The number of aromatic nitrogens is 2. The van der Waals surface area contributed by atoms with Gasteiger partial charge in [-0.3, -0.25) is 4.79 Å². The van der Waals surface area contributed by atoms with Crippen LogP contribution in [0.15, 0.2) is 16.7 Å². The third-order valence-corrected chi connectivity index (χ3v) is 5.46. The summed E-state index contributed by atoms with van der Waals surface area (Å²) in [5.41, 5.74) is -1.28. The Morgan fingerprint density at radius 2 is 1.81 bits per heavy atom. The summed E-state index contributed by atoms with van der Waals surface area (Å²) in [5, 5.41) is 6.71. The van der Waals surface area contributed by atoms with Crippen LogP contribution in [0.3, 0.4) is 0 Å². The number of nitrogens with one attached hydrogen (secondary N) is 1. The number of amides is 1. The van der Waals surface area contributed by atoms with Crippen LogP contribution in [0.4, 0.5) is 14.5 Å². The molecule has 1 aromatic heterocycles. The lowest BCUT2D eigenvalue weighted by Gasteiger charge is -2.34. The topological polar surface area (TPSA) is 99.0 Å². The first kappa shape index (κ1) is 21.6. The SMILES string of the molecule is COCc1noc(C2(NC(=O)c3cc(F)c(N4CCOCC4)c(F)c3)CCOCC2)n1. The van der Waals surface area contributed by atoms with Gasteiger partial charge in [-0.1, -0.05) is 5.16 Å². The Morgan fingerprint density at radius 1 is 1.16 bits per heavy atom. The van der Waals surface area contributed by atoms with Crippen LogP contribution in [0.5, 0.6) is 0 Å². The number of ether oxygens (including phenoxy) is 3. The van der Waals surface area contributed by atoms with Crippen molar-refractivity contribution in [2.24, 2.45) is 0 Å². The minimum Gasteiger partial charge on any atom is -0.381 e. The number of morpholine rings is 1. The molecule has 3 heterocycles. The zero-order chi connectivity index (χ0) is 21.8. The second-order valence-corrected chi connectivity index (χ2v) is 7.49. The molecule has 2 aromatic rings. The number of anilines is 1. The number of methoxy groups -OCH3 is 1. The molecule has 168 valence electrons. The number of benzene rings is 1. The minimum absolute atomic E-state index is 0.130. The lowest BCUT2D eigenvalue weighted by atomic mass is 9.89. The third-order valence-electron chi connectivity index (χ3n) is 5.46. The molecule has 1 aromatic carbocycles. The van der Waals surface area contributed by atoms with E-state index >= 15 is 0 Å². The lowest BCUT2D eigenvalue weighted by molar-refractivity contribution is 0.0221. The molecule has 0 radical (unpaired) electrons. The highest BCUT2D eigenvalue weighted by Gasteiger charge is 2.41. The molecule has 0 saturated carbocycles. The fourth-order valence-electron chi connectivity index (χ4n) is 3.82. The Bertz CT molecular complexity index is 903. The molecule has 1 N–H and O–H groups in total. The van der Waals surface area contributed by atoms with Gasteiger partial charge in [0.05, 0.1) is 13.2 Å². The van der Waals surface area contributed by atoms with Crippen LogP contribution in [-0.4, -0.2) is 62.7 Å². The Morgan fingerprint density at radius 3 is 2.45 bits per heavy atom. The van der Waals surface area contributed by atoms with Gasteiger partial charge in [0.1, 0.15) is 29.5 Å². The average molecular weight is 438 g/mol. The molecule has 0 aliphatic carbocycles. The van der Waals surface area contributed by atoms with E-state index in [4.69, 9.17) is 18.7 Å². The molecule has 2 aliphatic rings. The molecule has 0 atom stereocenters. The van der Waals surface area contributed by atoms with E-state index in [9.17, 15) is 13.6 Å². The first-order chi connectivity index (χ1) is 15.0. The Labute approximate surface area is 177 Å². The molecule has 2 fully saturated rings. The van der Waals surface area contributed by atoms with Gasteiger partial charge in [-0.15, -0.1) is 0 Å². The van der Waals surface area contributed by atoms with Gasteiger partial charge >= 0.3 is 0 Å². The molecule has 2 aliphatic heterocycles. The summed E-state index contributed by atoms with van der Waals surface area (Å²) < 4.78 is 50.5. The van der Waals surface area contributed by atoms with Crippen molar-refractivity contribution in [3.8, 4) is 0 Å². The standard InChI is InChI=1S/C20H24F2N4O5/c1-28-12-16-23-19(31-25-16)20(2-6-29-7-3-20)24-18(27)13-10-14(21)17(15(22)11-13)26-4-8-30-9-5-26/h10-11H,2-9,12H2,1H3,(H,24,27). The fourth-order valence-corrected chi connectivity index (χ4v) is 3.82. The monoisotopic (exact) mass is 438 g/mol. The van der Waals surface area contributed by atoms with E-state index in [1.165, 1.54) is 7.11 Å². The van der Waals surface area contributed by atoms with Crippen molar-refractivity contribution in [3.63, 3.8) is 0 Å². The summed E-state index contributed by atoms with van der Waals surface area (Å²) >= 11 is 0. The highest BCUT2D eigenvalue weighted by molar-refractivity contribution is 5.95. The van der Waals surface area contributed by atoms with E-state index in [0.717, 1.165) is 12.1 Å². The van der Waals surface area contributed by atoms with Crippen LogP contribution in [0.2, 0.25) is 0 Å². The van der Waals surface area contributed by atoms with Crippen molar-refractivity contribution in [3.05, 3.63) is 41.0 Å². The van der Waals surface area contributed by atoms with E-state index in [0.29, 0.717) is 58.2 Å². The van der Waals surface area contributed by atoms with Gasteiger partial charge in [0.2, 0.25) is 0 Å². The van der Waals surface area contributed by atoms with Crippen molar-refractivity contribution in [2.75, 3.05) is 51.5 Å². The van der Waals surface area contributed by atoms with Crippen LogP contribution in [-0.2, 0) is 26.4 Å². The molecule has 0 spiro atoms. The van der Waals surface area contributed by atoms with Crippen molar-refractivity contribution in [1.29, 1.82) is 0 Å². The molecule has 4 rings (SSSR count). The quantitative estimate of drug-likeness (QED) is 0.729. The van der Waals surface area contributed by atoms with Crippen LogP contribution in [0, 0.1) is 11.6 Å². The molecular formula is C20H24F2N4O5. The Hall–Kier alpha value is -2.63. The van der Waals surface area contributed by atoms with Gasteiger partial charge < -0.3 is 29.0 Å². The summed E-state index contributed by atoms with van der Waals surface area (Å²) in [4.78, 5) is 18.9. The van der Waals surface area contributed by atoms with Gasteiger partial charge in [-0.25, -0.2) is 8.78 Å². The van der Waals surface area contributed by atoms with Crippen molar-refractivity contribution < 1.29 is 32.3 Å². The maximum Gasteiger partial charge on any atom is 0.252 e. The van der Waals surface area contributed by atoms with E-state index < -0.39 is 23.1 Å². The average Bonchev–Trinajstić information content (AvgIpc) is 3.24. The van der Waals surface area contributed by atoms with E-state index in [2.05, 4.69) is 15.5 Å². The van der Waals surface area contributed by atoms with Crippen molar-refractivity contribution >= 4 is 11.6 Å². The Kier molecular flexibility index (Phi) is 6.44. The minimum atomic E-state index is -0.996. The molecule has 0 bridgehead atoms. The maximum absolute atomic E-state index is 14.8. The number of hydrogen-bond acceptors (Lipinski definition) is 8. The smallest absolute Gasteiger partial charge is 0.252 e. The molecular weight excluding hydrogens is 414 g/mol. The second kappa shape index (κ2) is 9.25. The van der Waals surface area contributed by atoms with Crippen molar-refractivity contribution in [1.82, 2.24) is 15.5 Å². The highest BCUT2D eigenvalue weighted by Crippen LogP contribution is 2.32. The first-order valence-electron chi connectivity index (χ1n) is 10.1. The van der Waals surface area contributed by atoms with Gasteiger partial charge in [0.15, 0.2) is 5.82 Å². The zero-order valence-corrected chi connectivity index (χ0v) is 17.2. The number of rotatable bonds is 6. The zero-order valence-electron chi connectivity index (χ0n) is 17.2. The van der Waals surface area contributed by atoms with E-state index in [1.54, 1.807) is 4.90 Å². The molecule has 9 nitrogen and oxygen atoms in total. The molecule has 2 saturated heterocycles. The summed E-state index contributed by atoms with van der Waals surface area (Å²) in [5.74, 6) is -1.69. The maximum atomic E-state index is 14.8. The van der Waals surface area contributed by atoms with Gasteiger partial charge in [0.25, 0.3) is 11.8 Å². The predicted octanol–water partition coefficient (Wildman–Crippen LogP) is 1.77. The molecule has 0 unspecified atom stereocenters. The molecule has 1 amide bonds. The summed E-state index contributed by atoms with van der Waals surface area (Å²) in [7, 11) is 1.51. The number of carbonyl (C=O) groups is 1. The number of carbonyl (C=O) groups excluding carboxylic acids is 1. The molecule has 31 heavy (non-hydrogen) atoms. The van der Waals surface area contributed by atoms with Crippen LogP contribution in [0.25, 0.3) is 0 Å². The van der Waals surface area contributed by atoms with Gasteiger partial charge in [-0.2, -0.15) is 4.98 Å².